The van der Waals surface area contributed by atoms with Crippen LogP contribution in [0, 0.1) is 6.92 Å². The third-order valence-corrected chi connectivity index (χ3v) is 4.81. The Labute approximate surface area is 172 Å². The van der Waals surface area contributed by atoms with Crippen LogP contribution in [0.2, 0.25) is 15.1 Å². The number of nitrogens with one attached hydrogen (secondary N) is 2. The number of rotatable bonds is 4. The molecule has 2 aromatic carbocycles. The molecule has 0 aliphatic rings. The molecule has 0 amide bonds. The van der Waals surface area contributed by atoms with Crippen molar-refractivity contribution in [3.8, 4) is 0 Å². The number of aromatic nitrogens is 2. The van der Waals surface area contributed by atoms with Crippen molar-refractivity contribution in [2.24, 2.45) is 0 Å². The highest BCUT2D eigenvalue weighted by Crippen LogP contribution is 2.25. The summed E-state index contributed by atoms with van der Waals surface area (Å²) in [7, 11) is 0. The topological polar surface area (TPSA) is 41.9 Å². The molecule has 0 spiro atoms. The summed E-state index contributed by atoms with van der Waals surface area (Å²) in [4.78, 5) is 0. The van der Waals surface area contributed by atoms with Crippen LogP contribution in [0.4, 0.5) is 11.5 Å². The maximum atomic E-state index is 6.22. The van der Waals surface area contributed by atoms with Gasteiger partial charge in [-0.05, 0) is 49.0 Å². The summed E-state index contributed by atoms with van der Waals surface area (Å²) in [5, 5.41) is 12.8. The minimum Gasteiger partial charge on any atom is -0.331 e. The van der Waals surface area contributed by atoms with E-state index >= 15 is 0 Å². The molecule has 0 aliphatic heterocycles. The number of anilines is 2. The predicted molar refractivity (Wildman–Crippen MR) is 114 cm³/mol. The Hall–Kier alpha value is -1.79. The molecule has 26 heavy (non-hydrogen) atoms. The van der Waals surface area contributed by atoms with Crippen LogP contribution in [-0.2, 0) is 6.54 Å². The van der Waals surface area contributed by atoms with Crippen LogP contribution in [0.1, 0.15) is 11.3 Å². The first kappa shape index (κ1) is 19.0. The lowest BCUT2D eigenvalue weighted by Crippen LogP contribution is -2.19. The highest BCUT2D eigenvalue weighted by atomic mass is 35.5. The smallest absolute Gasteiger partial charge is 0.176 e. The van der Waals surface area contributed by atoms with Crippen molar-refractivity contribution in [2.75, 3.05) is 10.6 Å². The third kappa shape index (κ3) is 4.68. The van der Waals surface area contributed by atoms with Gasteiger partial charge in [-0.1, -0.05) is 53.0 Å². The fraction of sp³-hybridized carbons (Fsp3) is 0.111. The molecular formula is C18H15Cl3N4S. The van der Waals surface area contributed by atoms with Gasteiger partial charge in [0.05, 0.1) is 17.3 Å². The molecule has 1 aromatic heterocycles. The number of halogens is 3. The van der Waals surface area contributed by atoms with Gasteiger partial charge >= 0.3 is 0 Å². The van der Waals surface area contributed by atoms with Gasteiger partial charge in [-0.2, -0.15) is 5.10 Å². The van der Waals surface area contributed by atoms with Gasteiger partial charge in [0.25, 0.3) is 0 Å². The first-order valence-electron chi connectivity index (χ1n) is 7.73. The highest BCUT2D eigenvalue weighted by Gasteiger charge is 2.09. The van der Waals surface area contributed by atoms with Crippen molar-refractivity contribution >= 4 is 63.6 Å². The maximum Gasteiger partial charge on any atom is 0.176 e. The van der Waals surface area contributed by atoms with Gasteiger partial charge in [0.15, 0.2) is 10.9 Å². The lowest BCUT2D eigenvalue weighted by molar-refractivity contribution is 0.668. The SMILES string of the molecule is Cc1cc(NC(=S)Nc2cc(Cl)ccc2Cl)nn1Cc1ccccc1Cl. The second kappa shape index (κ2) is 8.27. The van der Waals surface area contributed by atoms with E-state index in [0.29, 0.717) is 38.2 Å². The fourth-order valence-electron chi connectivity index (χ4n) is 2.38. The Morgan fingerprint density at radius 1 is 1.04 bits per heavy atom. The molecule has 0 saturated carbocycles. The summed E-state index contributed by atoms with van der Waals surface area (Å²) in [6.45, 7) is 2.55. The van der Waals surface area contributed by atoms with Gasteiger partial charge in [-0.3, -0.25) is 4.68 Å². The van der Waals surface area contributed by atoms with E-state index < -0.39 is 0 Å². The van der Waals surface area contributed by atoms with Crippen LogP contribution in [0.25, 0.3) is 0 Å². The Kier molecular flexibility index (Phi) is 6.04. The number of thiocarbonyl (C=S) groups is 1. The van der Waals surface area contributed by atoms with Crippen LogP contribution >= 0.6 is 47.0 Å². The lowest BCUT2D eigenvalue weighted by atomic mass is 10.2. The molecule has 0 saturated heterocycles. The van der Waals surface area contributed by atoms with Crippen molar-refractivity contribution in [3.05, 3.63) is 74.9 Å². The molecule has 0 unspecified atom stereocenters. The molecular weight excluding hydrogens is 411 g/mol. The van der Waals surface area contributed by atoms with E-state index in [9.17, 15) is 0 Å². The van der Waals surface area contributed by atoms with Crippen LogP contribution in [0.3, 0.4) is 0 Å². The average Bonchev–Trinajstić information content (AvgIpc) is 2.92. The van der Waals surface area contributed by atoms with Crippen LogP contribution in [0.5, 0.6) is 0 Å². The van der Waals surface area contributed by atoms with Crippen molar-refractivity contribution < 1.29 is 0 Å². The molecule has 8 heteroatoms. The van der Waals surface area contributed by atoms with E-state index in [4.69, 9.17) is 47.0 Å². The van der Waals surface area contributed by atoms with E-state index in [-0.39, 0.29) is 0 Å². The van der Waals surface area contributed by atoms with Gasteiger partial charge in [-0.25, -0.2) is 0 Å². The number of benzene rings is 2. The molecule has 3 rings (SSSR count). The minimum absolute atomic E-state index is 0.372. The van der Waals surface area contributed by atoms with Crippen LogP contribution in [0.15, 0.2) is 48.5 Å². The van der Waals surface area contributed by atoms with E-state index in [1.54, 1.807) is 18.2 Å². The molecule has 0 fully saturated rings. The normalized spacial score (nSPS) is 10.6. The van der Waals surface area contributed by atoms with Gasteiger partial charge in [-0.15, -0.1) is 0 Å². The van der Waals surface area contributed by atoms with Crippen molar-refractivity contribution in [1.82, 2.24) is 9.78 Å². The molecule has 0 radical (unpaired) electrons. The number of aryl methyl sites for hydroxylation is 1. The number of nitrogens with zero attached hydrogens (tertiary/aromatic N) is 2. The van der Waals surface area contributed by atoms with Gasteiger partial charge < -0.3 is 10.6 Å². The third-order valence-electron chi connectivity index (χ3n) is 3.68. The lowest BCUT2D eigenvalue weighted by Gasteiger charge is -2.10. The zero-order chi connectivity index (χ0) is 18.7. The van der Waals surface area contributed by atoms with E-state index in [2.05, 4.69) is 15.7 Å². The first-order valence-corrected chi connectivity index (χ1v) is 9.27. The number of hydrogen-bond acceptors (Lipinski definition) is 2. The first-order chi connectivity index (χ1) is 12.4. The standard InChI is InChI=1S/C18H15Cl3N4S/c1-11-8-17(24-25(11)10-12-4-2-3-5-14(12)20)23-18(26)22-16-9-13(19)6-7-15(16)21/h2-9H,10H2,1H3,(H2,22,23,24,26). The highest BCUT2D eigenvalue weighted by molar-refractivity contribution is 7.80. The Morgan fingerprint density at radius 2 is 1.81 bits per heavy atom. The second-order valence-corrected chi connectivity index (χ2v) is 7.28. The molecule has 134 valence electrons. The van der Waals surface area contributed by atoms with Gasteiger partial charge in [0.1, 0.15) is 0 Å². The summed E-state index contributed by atoms with van der Waals surface area (Å²) in [5.74, 6) is 0.630. The zero-order valence-corrected chi connectivity index (χ0v) is 16.8. The molecule has 3 aromatic rings. The summed E-state index contributed by atoms with van der Waals surface area (Å²) >= 11 is 23.7. The Morgan fingerprint density at radius 3 is 2.58 bits per heavy atom. The van der Waals surface area contributed by atoms with E-state index in [0.717, 1.165) is 11.3 Å². The second-order valence-electron chi connectivity index (χ2n) is 5.62. The monoisotopic (exact) mass is 424 g/mol. The molecule has 0 atom stereocenters. The maximum absolute atomic E-state index is 6.22. The van der Waals surface area contributed by atoms with E-state index in [1.807, 2.05) is 41.9 Å². The van der Waals surface area contributed by atoms with Crippen LogP contribution < -0.4 is 10.6 Å². The predicted octanol–water partition coefficient (Wildman–Crippen LogP) is 6.01. The quantitative estimate of drug-likeness (QED) is 0.502. The van der Waals surface area contributed by atoms with Crippen molar-refractivity contribution in [1.29, 1.82) is 0 Å². The van der Waals surface area contributed by atoms with E-state index in [1.165, 1.54) is 0 Å². The number of hydrogen-bond donors (Lipinski definition) is 2. The zero-order valence-electron chi connectivity index (χ0n) is 13.8. The van der Waals surface area contributed by atoms with Gasteiger partial charge in [0, 0.05) is 21.8 Å². The summed E-state index contributed by atoms with van der Waals surface area (Å²) in [6.07, 6.45) is 0. The average molecular weight is 426 g/mol. The molecule has 1 heterocycles. The molecule has 0 aliphatic carbocycles. The van der Waals surface area contributed by atoms with Crippen molar-refractivity contribution in [2.45, 2.75) is 13.5 Å². The molecule has 0 bridgehead atoms. The largest absolute Gasteiger partial charge is 0.331 e. The summed E-state index contributed by atoms with van der Waals surface area (Å²) in [6, 6.07) is 14.7. The van der Waals surface area contributed by atoms with Crippen LogP contribution in [-0.4, -0.2) is 14.9 Å². The Balaban J connectivity index is 1.70. The summed E-state index contributed by atoms with van der Waals surface area (Å²) < 4.78 is 1.86. The fourth-order valence-corrected chi connectivity index (χ4v) is 3.13. The summed E-state index contributed by atoms with van der Waals surface area (Å²) in [5.41, 5.74) is 2.61. The Bertz CT molecular complexity index is 955. The van der Waals surface area contributed by atoms with Gasteiger partial charge in [0.2, 0.25) is 0 Å². The molecule has 2 N–H and O–H groups in total. The van der Waals surface area contributed by atoms with Crippen molar-refractivity contribution in [3.63, 3.8) is 0 Å². The minimum atomic E-state index is 0.372. The molecule has 4 nitrogen and oxygen atoms in total.